The lowest BCUT2D eigenvalue weighted by molar-refractivity contribution is 0.0970. The number of nitrogens with zero attached hydrogens (tertiary/aromatic N) is 2. The predicted octanol–water partition coefficient (Wildman–Crippen LogP) is 4.93. The zero-order chi connectivity index (χ0) is 24.9. The predicted molar refractivity (Wildman–Crippen MR) is 131 cm³/mol. The number of halogens is 1. The van der Waals surface area contributed by atoms with Crippen molar-refractivity contribution in [3.63, 3.8) is 0 Å². The SMILES string of the molecule is COc1cc([C@@H]2c3c(oc4ccc(Cl)cc4c3=O)C(=O)N2c2cccc(C)n2)cc(OC)c1OC. The molecule has 178 valence electrons. The van der Waals surface area contributed by atoms with Gasteiger partial charge in [0, 0.05) is 10.7 Å². The fourth-order valence-electron chi connectivity index (χ4n) is 4.42. The van der Waals surface area contributed by atoms with E-state index in [0.29, 0.717) is 39.3 Å². The van der Waals surface area contributed by atoms with Crippen molar-refractivity contribution in [2.45, 2.75) is 13.0 Å². The molecule has 1 amide bonds. The Morgan fingerprint density at radius 1 is 0.971 bits per heavy atom. The molecule has 5 rings (SSSR count). The molecule has 1 aliphatic heterocycles. The monoisotopic (exact) mass is 492 g/mol. The highest BCUT2D eigenvalue weighted by Crippen LogP contribution is 2.46. The molecule has 0 unspecified atom stereocenters. The van der Waals surface area contributed by atoms with E-state index >= 15 is 0 Å². The molecule has 0 radical (unpaired) electrons. The van der Waals surface area contributed by atoms with Crippen molar-refractivity contribution in [1.29, 1.82) is 0 Å². The van der Waals surface area contributed by atoms with Gasteiger partial charge in [0.1, 0.15) is 11.4 Å². The molecule has 0 N–H and O–H groups in total. The molecule has 1 atom stereocenters. The molecule has 9 heteroatoms. The van der Waals surface area contributed by atoms with Crippen molar-refractivity contribution < 1.29 is 23.4 Å². The van der Waals surface area contributed by atoms with E-state index in [4.69, 9.17) is 30.2 Å². The van der Waals surface area contributed by atoms with Gasteiger partial charge in [0.25, 0.3) is 5.91 Å². The number of aryl methyl sites for hydroxylation is 1. The Balaban J connectivity index is 1.85. The first kappa shape index (κ1) is 22.7. The third-order valence-electron chi connectivity index (χ3n) is 5.96. The third kappa shape index (κ3) is 3.57. The van der Waals surface area contributed by atoms with Crippen LogP contribution in [0.25, 0.3) is 11.0 Å². The number of ether oxygens (including phenoxy) is 3. The topological polar surface area (TPSA) is 91.1 Å². The van der Waals surface area contributed by atoms with E-state index in [9.17, 15) is 9.59 Å². The molecule has 2 aromatic carbocycles. The maximum atomic E-state index is 13.8. The zero-order valence-electron chi connectivity index (χ0n) is 19.4. The van der Waals surface area contributed by atoms with E-state index in [1.54, 1.807) is 36.4 Å². The van der Waals surface area contributed by atoms with Crippen molar-refractivity contribution in [1.82, 2.24) is 4.98 Å². The molecule has 4 aromatic rings. The second kappa shape index (κ2) is 8.63. The van der Waals surface area contributed by atoms with Crippen LogP contribution in [0.3, 0.4) is 0 Å². The fourth-order valence-corrected chi connectivity index (χ4v) is 4.59. The fraction of sp³-hybridized carbons (Fsp3) is 0.192. The largest absolute Gasteiger partial charge is 0.493 e. The maximum Gasteiger partial charge on any atom is 0.296 e. The number of pyridine rings is 1. The minimum Gasteiger partial charge on any atom is -0.493 e. The van der Waals surface area contributed by atoms with E-state index in [-0.39, 0.29) is 27.7 Å². The Hall–Kier alpha value is -4.04. The highest BCUT2D eigenvalue weighted by molar-refractivity contribution is 6.31. The van der Waals surface area contributed by atoms with Gasteiger partial charge in [0.05, 0.1) is 38.3 Å². The second-order valence-corrected chi connectivity index (χ2v) is 8.42. The quantitative estimate of drug-likeness (QED) is 0.390. The zero-order valence-corrected chi connectivity index (χ0v) is 20.2. The molecule has 35 heavy (non-hydrogen) atoms. The van der Waals surface area contributed by atoms with Crippen LogP contribution in [-0.2, 0) is 0 Å². The summed E-state index contributed by atoms with van der Waals surface area (Å²) in [5, 5.41) is 0.663. The highest BCUT2D eigenvalue weighted by atomic mass is 35.5. The highest BCUT2D eigenvalue weighted by Gasteiger charge is 2.45. The minimum absolute atomic E-state index is 0.0492. The van der Waals surface area contributed by atoms with Crippen LogP contribution in [-0.4, -0.2) is 32.2 Å². The van der Waals surface area contributed by atoms with Crippen molar-refractivity contribution in [2.75, 3.05) is 26.2 Å². The number of carbonyl (C=O) groups excluding carboxylic acids is 1. The molecule has 2 aromatic heterocycles. The summed E-state index contributed by atoms with van der Waals surface area (Å²) in [6.45, 7) is 1.82. The van der Waals surface area contributed by atoms with Crippen molar-refractivity contribution in [3.05, 3.63) is 86.4 Å². The standard InChI is InChI=1S/C26H21ClN2O6/c1-13-6-5-7-20(28-13)29-22(14-10-18(32-2)24(34-4)19(11-14)33-3)21-23(30)16-12-15(27)8-9-17(16)35-25(21)26(29)31/h5-12,22H,1-4H3/t22-/m1/s1. The lowest BCUT2D eigenvalue weighted by Gasteiger charge is -2.25. The Bertz CT molecular complexity index is 1520. The van der Waals surface area contributed by atoms with Crippen LogP contribution >= 0.6 is 11.6 Å². The molecule has 0 bridgehead atoms. The molecule has 0 aliphatic carbocycles. The van der Waals surface area contributed by atoms with Gasteiger partial charge >= 0.3 is 0 Å². The van der Waals surface area contributed by atoms with Gasteiger partial charge in [0.15, 0.2) is 16.9 Å². The molecular formula is C26H21ClN2O6. The minimum atomic E-state index is -0.861. The number of hydrogen-bond donors (Lipinski definition) is 0. The number of methoxy groups -OCH3 is 3. The molecule has 0 saturated heterocycles. The average molecular weight is 493 g/mol. The molecule has 3 heterocycles. The van der Waals surface area contributed by atoms with E-state index in [1.165, 1.54) is 32.3 Å². The first-order valence-corrected chi connectivity index (χ1v) is 11.1. The van der Waals surface area contributed by atoms with Crippen molar-refractivity contribution >= 4 is 34.3 Å². The summed E-state index contributed by atoms with van der Waals surface area (Å²) in [6, 6.07) is 12.6. The number of aromatic nitrogens is 1. The molecular weight excluding hydrogens is 472 g/mol. The molecule has 0 fully saturated rings. The summed E-state index contributed by atoms with van der Waals surface area (Å²) >= 11 is 6.16. The number of fused-ring (bicyclic) bond motifs is 2. The van der Waals surface area contributed by atoms with Crippen LogP contribution in [0.15, 0.2) is 57.7 Å². The van der Waals surface area contributed by atoms with Gasteiger partial charge in [0.2, 0.25) is 11.5 Å². The average Bonchev–Trinajstić information content (AvgIpc) is 3.16. The number of carbonyl (C=O) groups is 1. The van der Waals surface area contributed by atoms with Gasteiger partial charge in [-0.05, 0) is 55.0 Å². The Morgan fingerprint density at radius 2 is 1.69 bits per heavy atom. The van der Waals surface area contributed by atoms with Gasteiger partial charge in [-0.25, -0.2) is 4.98 Å². The second-order valence-electron chi connectivity index (χ2n) is 7.99. The van der Waals surface area contributed by atoms with Crippen LogP contribution in [0.5, 0.6) is 17.2 Å². The summed E-state index contributed by atoms with van der Waals surface area (Å²) < 4.78 is 22.5. The summed E-state index contributed by atoms with van der Waals surface area (Å²) in [6.07, 6.45) is 0. The van der Waals surface area contributed by atoms with Crippen LogP contribution < -0.4 is 24.5 Å². The van der Waals surface area contributed by atoms with Gasteiger partial charge in [-0.15, -0.1) is 0 Å². The Labute approximate surface area is 205 Å². The first-order valence-electron chi connectivity index (χ1n) is 10.7. The van der Waals surface area contributed by atoms with Gasteiger partial charge in [-0.1, -0.05) is 17.7 Å². The van der Waals surface area contributed by atoms with Crippen LogP contribution in [0.4, 0.5) is 5.82 Å². The third-order valence-corrected chi connectivity index (χ3v) is 6.19. The maximum absolute atomic E-state index is 13.8. The van der Waals surface area contributed by atoms with Crippen molar-refractivity contribution in [3.8, 4) is 17.2 Å². The summed E-state index contributed by atoms with van der Waals surface area (Å²) in [5.74, 6) is 1.00. The van der Waals surface area contributed by atoms with Gasteiger partial charge in [-0.3, -0.25) is 14.5 Å². The number of rotatable bonds is 5. The number of benzene rings is 2. The van der Waals surface area contributed by atoms with Crippen LogP contribution in [0.2, 0.25) is 5.02 Å². The van der Waals surface area contributed by atoms with Gasteiger partial charge in [-0.2, -0.15) is 0 Å². The summed E-state index contributed by atoms with van der Waals surface area (Å²) in [7, 11) is 4.50. The van der Waals surface area contributed by atoms with E-state index in [1.807, 2.05) is 13.0 Å². The number of anilines is 1. The smallest absolute Gasteiger partial charge is 0.296 e. The first-order chi connectivity index (χ1) is 16.9. The number of hydrogen-bond acceptors (Lipinski definition) is 7. The molecule has 0 saturated carbocycles. The van der Waals surface area contributed by atoms with E-state index in [0.717, 1.165) is 0 Å². The van der Waals surface area contributed by atoms with Crippen LogP contribution in [0, 0.1) is 6.92 Å². The number of amides is 1. The molecule has 8 nitrogen and oxygen atoms in total. The van der Waals surface area contributed by atoms with Crippen molar-refractivity contribution in [2.24, 2.45) is 0 Å². The normalized spacial score (nSPS) is 14.8. The summed E-state index contributed by atoms with van der Waals surface area (Å²) in [5.41, 5.74) is 1.37. The van der Waals surface area contributed by atoms with E-state index in [2.05, 4.69) is 4.98 Å². The summed E-state index contributed by atoms with van der Waals surface area (Å²) in [4.78, 5) is 33.5. The molecule has 1 aliphatic rings. The Morgan fingerprint density at radius 3 is 2.31 bits per heavy atom. The lowest BCUT2D eigenvalue weighted by atomic mass is 9.97. The Kier molecular flexibility index (Phi) is 5.61. The molecule has 0 spiro atoms. The van der Waals surface area contributed by atoms with E-state index < -0.39 is 11.9 Å². The van der Waals surface area contributed by atoms with Gasteiger partial charge < -0.3 is 18.6 Å². The lowest BCUT2D eigenvalue weighted by Crippen LogP contribution is -2.30. The van der Waals surface area contributed by atoms with Crippen LogP contribution in [0.1, 0.15) is 33.4 Å².